The highest BCUT2D eigenvalue weighted by Crippen LogP contribution is 2.10. The van der Waals surface area contributed by atoms with Crippen molar-refractivity contribution in [2.45, 2.75) is 33.7 Å². The minimum atomic E-state index is -0.420. The van der Waals surface area contributed by atoms with Gasteiger partial charge in [0.15, 0.2) is 5.78 Å². The van der Waals surface area contributed by atoms with Crippen molar-refractivity contribution >= 4 is 5.78 Å². The third kappa shape index (κ3) is 3.88. The van der Waals surface area contributed by atoms with Crippen molar-refractivity contribution in [1.82, 2.24) is 9.88 Å². The lowest BCUT2D eigenvalue weighted by Crippen LogP contribution is -2.36. The topological polar surface area (TPSA) is 33.2 Å². The first-order valence-corrected chi connectivity index (χ1v) is 6.35. The molecule has 0 aromatic carbocycles. The monoisotopic (exact) mass is 252 g/mol. The molecule has 0 spiro atoms. The Bertz CT molecular complexity index is 389. The third-order valence-corrected chi connectivity index (χ3v) is 3.07. The molecule has 0 N–H and O–H groups in total. The van der Waals surface area contributed by atoms with Crippen LogP contribution in [0.25, 0.3) is 0 Å². The number of carbonyl (C=O) groups excluding carboxylic acids is 1. The number of Topliss-reactive ketones (excluding diaryl/α,β-unsaturated/α-hetero) is 1. The van der Waals surface area contributed by atoms with Crippen LogP contribution in [0.2, 0.25) is 0 Å². The molecule has 0 amide bonds. The third-order valence-electron chi connectivity index (χ3n) is 3.07. The van der Waals surface area contributed by atoms with Gasteiger partial charge in [0.2, 0.25) is 0 Å². The van der Waals surface area contributed by atoms with E-state index in [1.165, 1.54) is 12.1 Å². The summed E-state index contributed by atoms with van der Waals surface area (Å²) in [4.78, 5) is 18.2. The highest BCUT2D eigenvalue weighted by Gasteiger charge is 2.20. The molecule has 0 bridgehead atoms. The van der Waals surface area contributed by atoms with Gasteiger partial charge in [0, 0.05) is 18.5 Å². The average Bonchev–Trinajstić information content (AvgIpc) is 2.35. The second-order valence-corrected chi connectivity index (χ2v) is 4.81. The number of nitrogens with zero attached hydrogens (tertiary/aromatic N) is 2. The zero-order chi connectivity index (χ0) is 13.7. The van der Waals surface area contributed by atoms with Gasteiger partial charge >= 0.3 is 0 Å². The van der Waals surface area contributed by atoms with E-state index in [0.717, 1.165) is 12.7 Å². The molecule has 0 fully saturated rings. The van der Waals surface area contributed by atoms with Gasteiger partial charge in [0.25, 0.3) is 0 Å². The fraction of sp³-hybridized carbons (Fsp3) is 0.571. The molecule has 0 saturated carbocycles. The van der Waals surface area contributed by atoms with Crippen LogP contribution >= 0.6 is 0 Å². The summed E-state index contributed by atoms with van der Waals surface area (Å²) in [7, 11) is 0. The molecule has 1 aromatic heterocycles. The van der Waals surface area contributed by atoms with Crippen molar-refractivity contribution in [3.63, 3.8) is 0 Å². The molecule has 1 rings (SSSR count). The number of aromatic nitrogens is 1. The Hall–Kier alpha value is -1.29. The van der Waals surface area contributed by atoms with Gasteiger partial charge in [0.1, 0.15) is 11.5 Å². The highest BCUT2D eigenvalue weighted by molar-refractivity contribution is 5.95. The summed E-state index contributed by atoms with van der Waals surface area (Å²) in [6, 6.07) is 3.12. The molecule has 100 valence electrons. The normalized spacial score (nSPS) is 13.1. The van der Waals surface area contributed by atoms with Crippen LogP contribution in [-0.2, 0) is 0 Å². The van der Waals surface area contributed by atoms with Gasteiger partial charge < -0.3 is 4.90 Å². The van der Waals surface area contributed by atoms with Crippen LogP contribution in [0, 0.1) is 11.7 Å². The number of ketones is 1. The number of halogens is 1. The number of hydrogen-bond acceptors (Lipinski definition) is 3. The lowest BCUT2D eigenvalue weighted by atomic mass is 10.0. The summed E-state index contributed by atoms with van der Waals surface area (Å²) in [6.07, 6.45) is 1.08. The molecule has 0 radical (unpaired) electrons. The Labute approximate surface area is 108 Å². The van der Waals surface area contributed by atoms with E-state index in [1.54, 1.807) is 0 Å². The zero-order valence-corrected chi connectivity index (χ0v) is 11.5. The van der Waals surface area contributed by atoms with Crippen LogP contribution in [0.15, 0.2) is 18.3 Å². The molecule has 4 heteroatoms. The van der Waals surface area contributed by atoms with Gasteiger partial charge in [-0.05, 0) is 32.5 Å². The maximum Gasteiger partial charge on any atom is 0.185 e. The summed E-state index contributed by atoms with van der Waals surface area (Å²) in [5, 5.41) is 0. The van der Waals surface area contributed by atoms with Gasteiger partial charge in [-0.15, -0.1) is 0 Å². The predicted molar refractivity (Wildman–Crippen MR) is 70.1 cm³/mol. The number of carbonyl (C=O) groups is 1. The van der Waals surface area contributed by atoms with Crippen LogP contribution < -0.4 is 0 Å². The van der Waals surface area contributed by atoms with E-state index in [9.17, 15) is 9.18 Å². The average molecular weight is 252 g/mol. The lowest BCUT2D eigenvalue weighted by molar-refractivity contribution is 0.0876. The lowest BCUT2D eigenvalue weighted by Gasteiger charge is -2.27. The smallest absolute Gasteiger partial charge is 0.185 e. The first-order chi connectivity index (χ1) is 8.45. The van der Waals surface area contributed by atoms with Crippen molar-refractivity contribution in [3.05, 3.63) is 29.8 Å². The molecule has 3 nitrogen and oxygen atoms in total. The fourth-order valence-corrected chi connectivity index (χ4v) is 1.91. The number of rotatable bonds is 6. The molecule has 1 unspecified atom stereocenters. The summed E-state index contributed by atoms with van der Waals surface area (Å²) < 4.78 is 12.7. The fourth-order valence-electron chi connectivity index (χ4n) is 1.91. The maximum absolute atomic E-state index is 12.7. The molecule has 0 aliphatic heterocycles. The molecule has 1 heterocycles. The molecule has 0 saturated heterocycles. The second-order valence-electron chi connectivity index (χ2n) is 4.81. The molecular weight excluding hydrogens is 231 g/mol. The summed E-state index contributed by atoms with van der Waals surface area (Å²) >= 11 is 0. The van der Waals surface area contributed by atoms with E-state index in [1.807, 2.05) is 6.92 Å². The zero-order valence-electron chi connectivity index (χ0n) is 11.5. The van der Waals surface area contributed by atoms with Gasteiger partial charge in [0.05, 0.1) is 6.20 Å². The Balaban J connectivity index is 2.69. The van der Waals surface area contributed by atoms with E-state index < -0.39 is 5.82 Å². The quantitative estimate of drug-likeness (QED) is 0.730. The summed E-state index contributed by atoms with van der Waals surface area (Å²) in [5.74, 6) is -0.587. The Morgan fingerprint density at radius 2 is 2.06 bits per heavy atom. The van der Waals surface area contributed by atoms with E-state index in [-0.39, 0.29) is 11.7 Å². The van der Waals surface area contributed by atoms with Gasteiger partial charge in [-0.2, -0.15) is 0 Å². The van der Waals surface area contributed by atoms with Crippen molar-refractivity contribution in [3.8, 4) is 0 Å². The van der Waals surface area contributed by atoms with Crippen molar-refractivity contribution in [1.29, 1.82) is 0 Å². The number of hydrogen-bond donors (Lipinski definition) is 0. The Kier molecular flexibility index (Phi) is 5.41. The minimum absolute atomic E-state index is 0.0332. The van der Waals surface area contributed by atoms with Crippen molar-refractivity contribution in [2.75, 3.05) is 13.1 Å². The Morgan fingerprint density at radius 1 is 1.39 bits per heavy atom. The molecule has 18 heavy (non-hydrogen) atoms. The first-order valence-electron chi connectivity index (χ1n) is 6.35. The predicted octanol–water partition coefficient (Wildman–Crippen LogP) is 2.77. The van der Waals surface area contributed by atoms with E-state index in [0.29, 0.717) is 18.3 Å². The van der Waals surface area contributed by atoms with Crippen LogP contribution in [-0.4, -0.2) is 34.8 Å². The van der Waals surface area contributed by atoms with Crippen LogP contribution in [0.3, 0.4) is 0 Å². The SMILES string of the molecule is CCN(CC(C)C(=O)c1ccc(F)cn1)C(C)C. The summed E-state index contributed by atoms with van der Waals surface area (Å²) in [5.41, 5.74) is 0.337. The van der Waals surface area contributed by atoms with Crippen molar-refractivity contribution in [2.24, 2.45) is 5.92 Å². The summed E-state index contributed by atoms with van der Waals surface area (Å²) in [6.45, 7) is 9.79. The largest absolute Gasteiger partial charge is 0.300 e. The number of pyridine rings is 1. The highest BCUT2D eigenvalue weighted by atomic mass is 19.1. The molecule has 1 aromatic rings. The first kappa shape index (κ1) is 14.8. The molecular formula is C14H21FN2O. The second kappa shape index (κ2) is 6.59. The van der Waals surface area contributed by atoms with Crippen LogP contribution in [0.4, 0.5) is 4.39 Å². The van der Waals surface area contributed by atoms with Crippen molar-refractivity contribution < 1.29 is 9.18 Å². The van der Waals surface area contributed by atoms with E-state index in [2.05, 4.69) is 30.7 Å². The van der Waals surface area contributed by atoms with Crippen LogP contribution in [0.5, 0.6) is 0 Å². The molecule has 0 aliphatic rings. The van der Waals surface area contributed by atoms with Crippen LogP contribution in [0.1, 0.15) is 38.2 Å². The maximum atomic E-state index is 12.7. The van der Waals surface area contributed by atoms with E-state index >= 15 is 0 Å². The van der Waals surface area contributed by atoms with Gasteiger partial charge in [-0.1, -0.05) is 13.8 Å². The van der Waals surface area contributed by atoms with E-state index in [4.69, 9.17) is 0 Å². The standard InChI is InChI=1S/C14H21FN2O/c1-5-17(10(2)3)9-11(4)14(18)13-7-6-12(15)8-16-13/h6-8,10-11H,5,9H2,1-4H3. The molecule has 1 atom stereocenters. The molecule has 0 aliphatic carbocycles. The Morgan fingerprint density at radius 3 is 2.50 bits per heavy atom. The minimum Gasteiger partial charge on any atom is -0.300 e. The van der Waals surface area contributed by atoms with Gasteiger partial charge in [-0.3, -0.25) is 9.78 Å². The van der Waals surface area contributed by atoms with Gasteiger partial charge in [-0.25, -0.2) is 4.39 Å².